The average Bonchev–Trinajstić information content (AvgIpc) is 3.25. The number of thiazole rings is 1. The van der Waals surface area contributed by atoms with E-state index in [4.69, 9.17) is 4.74 Å². The van der Waals surface area contributed by atoms with Crippen LogP contribution in [0, 0.1) is 0 Å². The Labute approximate surface area is 170 Å². The van der Waals surface area contributed by atoms with Gasteiger partial charge in [0.1, 0.15) is 11.3 Å². The van der Waals surface area contributed by atoms with E-state index in [1.807, 2.05) is 40.7 Å². The number of nitrogens with zero attached hydrogens (tertiary/aromatic N) is 3. The molecule has 3 aromatic rings. The van der Waals surface area contributed by atoms with Crippen LogP contribution in [0.4, 0.5) is 0 Å². The minimum Gasteiger partial charge on any atom is -0.438 e. The molecule has 1 fully saturated rings. The molecule has 0 radical (unpaired) electrons. The largest absolute Gasteiger partial charge is 0.438 e. The zero-order valence-corrected chi connectivity index (χ0v) is 16.9. The quantitative estimate of drug-likeness (QED) is 0.561. The van der Waals surface area contributed by atoms with Crippen LogP contribution >= 0.6 is 27.3 Å². The van der Waals surface area contributed by atoms with E-state index in [1.54, 1.807) is 29.7 Å². The summed E-state index contributed by atoms with van der Waals surface area (Å²) in [6.45, 7) is 1.42. The zero-order valence-electron chi connectivity index (χ0n) is 14.5. The number of pyridine rings is 1. The maximum absolute atomic E-state index is 13.2. The molecule has 1 unspecified atom stereocenters. The van der Waals surface area contributed by atoms with Gasteiger partial charge in [-0.2, -0.15) is 0 Å². The van der Waals surface area contributed by atoms with E-state index in [-0.39, 0.29) is 5.91 Å². The number of hydrogen-bond acceptors (Lipinski definition) is 5. The highest BCUT2D eigenvalue weighted by molar-refractivity contribution is 9.10. The first kappa shape index (κ1) is 18.1. The molecular formula is C20H18BrN3O2S. The van der Waals surface area contributed by atoms with Crippen molar-refractivity contribution < 1.29 is 9.53 Å². The Hall–Kier alpha value is -2.25. The van der Waals surface area contributed by atoms with Crippen molar-refractivity contribution in [3.63, 3.8) is 0 Å². The van der Waals surface area contributed by atoms with E-state index >= 15 is 0 Å². The second-order valence-corrected chi connectivity index (χ2v) is 8.21. The summed E-state index contributed by atoms with van der Waals surface area (Å²) in [5.41, 5.74) is 0.486. The lowest BCUT2D eigenvalue weighted by Gasteiger charge is -2.32. The summed E-state index contributed by atoms with van der Waals surface area (Å²) < 4.78 is 6.85. The average molecular weight is 444 g/mol. The lowest BCUT2D eigenvalue weighted by atomic mass is 9.98. The SMILES string of the molecule is O=C(c1cccnc1Oc1ccc(Br)cc1)N1CCCC(c2nccs2)C1. The van der Waals surface area contributed by atoms with E-state index in [1.165, 1.54) is 0 Å². The number of halogens is 1. The number of ether oxygens (including phenoxy) is 1. The predicted octanol–water partition coefficient (Wildman–Crippen LogP) is 5.11. The van der Waals surface area contributed by atoms with Gasteiger partial charge >= 0.3 is 0 Å². The van der Waals surface area contributed by atoms with Crippen LogP contribution in [-0.2, 0) is 0 Å². The zero-order chi connectivity index (χ0) is 18.6. The summed E-state index contributed by atoms with van der Waals surface area (Å²) in [7, 11) is 0. The van der Waals surface area contributed by atoms with Gasteiger partial charge in [-0.05, 0) is 49.2 Å². The van der Waals surface area contributed by atoms with Crippen LogP contribution in [0.5, 0.6) is 11.6 Å². The molecule has 1 aromatic carbocycles. The molecule has 5 nitrogen and oxygen atoms in total. The highest BCUT2D eigenvalue weighted by atomic mass is 79.9. The van der Waals surface area contributed by atoms with Crippen molar-refractivity contribution in [1.82, 2.24) is 14.9 Å². The normalized spacial score (nSPS) is 16.9. The number of piperidine rings is 1. The summed E-state index contributed by atoms with van der Waals surface area (Å²) in [6, 6.07) is 11.0. The minimum absolute atomic E-state index is 0.0449. The third-order valence-electron chi connectivity index (χ3n) is 4.54. The number of rotatable bonds is 4. The van der Waals surface area contributed by atoms with Crippen molar-refractivity contribution in [1.29, 1.82) is 0 Å². The molecule has 1 aliphatic rings. The number of carbonyl (C=O) groups is 1. The number of hydrogen-bond donors (Lipinski definition) is 0. The summed E-state index contributed by atoms with van der Waals surface area (Å²) >= 11 is 5.06. The van der Waals surface area contributed by atoms with Gasteiger partial charge in [-0.25, -0.2) is 9.97 Å². The first-order valence-electron chi connectivity index (χ1n) is 8.78. The van der Waals surface area contributed by atoms with Gasteiger partial charge in [-0.1, -0.05) is 15.9 Å². The molecule has 0 saturated carbocycles. The third kappa shape index (κ3) is 4.20. The molecule has 0 aliphatic carbocycles. The Morgan fingerprint density at radius 3 is 2.81 bits per heavy atom. The van der Waals surface area contributed by atoms with E-state index in [2.05, 4.69) is 25.9 Å². The molecule has 0 N–H and O–H groups in total. The fourth-order valence-corrected chi connectivity index (χ4v) is 4.25. The first-order valence-corrected chi connectivity index (χ1v) is 10.4. The molecule has 1 saturated heterocycles. The summed E-state index contributed by atoms with van der Waals surface area (Å²) in [5, 5.41) is 3.09. The summed E-state index contributed by atoms with van der Waals surface area (Å²) in [4.78, 5) is 23.8. The monoisotopic (exact) mass is 443 g/mol. The summed E-state index contributed by atoms with van der Waals surface area (Å²) in [5.74, 6) is 1.23. The van der Waals surface area contributed by atoms with Crippen LogP contribution in [0.1, 0.15) is 34.1 Å². The van der Waals surface area contributed by atoms with Gasteiger partial charge in [0, 0.05) is 41.3 Å². The highest BCUT2D eigenvalue weighted by Crippen LogP contribution is 2.31. The van der Waals surface area contributed by atoms with Gasteiger partial charge in [-0.3, -0.25) is 4.79 Å². The molecule has 1 aliphatic heterocycles. The lowest BCUT2D eigenvalue weighted by Crippen LogP contribution is -2.39. The highest BCUT2D eigenvalue weighted by Gasteiger charge is 2.28. The number of benzene rings is 1. The van der Waals surface area contributed by atoms with Gasteiger partial charge in [0.15, 0.2) is 0 Å². The lowest BCUT2D eigenvalue weighted by molar-refractivity contribution is 0.0703. The Kier molecular flexibility index (Phi) is 5.50. The number of likely N-dealkylation sites (tertiary alicyclic amines) is 1. The predicted molar refractivity (Wildman–Crippen MR) is 108 cm³/mol. The van der Waals surface area contributed by atoms with Crippen molar-refractivity contribution in [3.8, 4) is 11.6 Å². The minimum atomic E-state index is -0.0449. The topological polar surface area (TPSA) is 55.3 Å². The van der Waals surface area contributed by atoms with Crippen LogP contribution in [0.2, 0.25) is 0 Å². The second-order valence-electron chi connectivity index (χ2n) is 6.37. The van der Waals surface area contributed by atoms with Crippen molar-refractivity contribution in [3.05, 3.63) is 69.2 Å². The van der Waals surface area contributed by atoms with Gasteiger partial charge in [0.25, 0.3) is 5.91 Å². The maximum Gasteiger partial charge on any atom is 0.259 e. The fraction of sp³-hybridized carbons (Fsp3) is 0.250. The van der Waals surface area contributed by atoms with Crippen LogP contribution < -0.4 is 4.74 Å². The van der Waals surface area contributed by atoms with Gasteiger partial charge < -0.3 is 9.64 Å². The van der Waals surface area contributed by atoms with Crippen molar-refractivity contribution in [2.24, 2.45) is 0 Å². The molecule has 27 heavy (non-hydrogen) atoms. The van der Waals surface area contributed by atoms with Gasteiger partial charge in [0.05, 0.1) is 5.01 Å². The number of aromatic nitrogens is 2. The van der Waals surface area contributed by atoms with Crippen LogP contribution in [0.25, 0.3) is 0 Å². The van der Waals surface area contributed by atoms with Crippen molar-refractivity contribution >= 4 is 33.2 Å². The van der Waals surface area contributed by atoms with Gasteiger partial charge in [-0.15, -0.1) is 11.3 Å². The molecule has 1 atom stereocenters. The van der Waals surface area contributed by atoms with E-state index in [9.17, 15) is 4.79 Å². The maximum atomic E-state index is 13.2. The Morgan fingerprint density at radius 1 is 1.19 bits per heavy atom. The molecule has 7 heteroatoms. The van der Waals surface area contributed by atoms with Crippen LogP contribution in [-0.4, -0.2) is 33.9 Å². The van der Waals surface area contributed by atoms with E-state index < -0.39 is 0 Å². The molecule has 138 valence electrons. The van der Waals surface area contributed by atoms with Crippen molar-refractivity contribution in [2.75, 3.05) is 13.1 Å². The van der Waals surface area contributed by atoms with Gasteiger partial charge in [0.2, 0.25) is 5.88 Å². The molecular weight excluding hydrogens is 426 g/mol. The van der Waals surface area contributed by atoms with E-state index in [0.717, 1.165) is 28.9 Å². The Balaban J connectivity index is 1.54. The standard InChI is InChI=1S/C20H18BrN3O2S/c21-15-5-7-16(8-6-15)26-18-17(4-1-9-22-18)20(25)24-11-2-3-14(13-24)19-23-10-12-27-19/h1,4-10,12,14H,2-3,11,13H2. The molecule has 0 spiro atoms. The molecule has 0 bridgehead atoms. The smallest absolute Gasteiger partial charge is 0.259 e. The van der Waals surface area contributed by atoms with E-state index in [0.29, 0.717) is 29.7 Å². The Morgan fingerprint density at radius 2 is 2.04 bits per heavy atom. The summed E-state index contributed by atoms with van der Waals surface area (Å²) in [6.07, 6.45) is 5.50. The van der Waals surface area contributed by atoms with Crippen molar-refractivity contribution in [2.45, 2.75) is 18.8 Å². The van der Waals surface area contributed by atoms with Crippen LogP contribution in [0.3, 0.4) is 0 Å². The molecule has 2 aromatic heterocycles. The molecule has 1 amide bonds. The molecule has 4 rings (SSSR count). The third-order valence-corrected chi connectivity index (χ3v) is 6.01. The molecule has 3 heterocycles. The number of carbonyl (C=O) groups excluding carboxylic acids is 1. The Bertz CT molecular complexity index is 915. The van der Waals surface area contributed by atoms with Crippen LogP contribution in [0.15, 0.2) is 58.6 Å². The second kappa shape index (κ2) is 8.19. The first-order chi connectivity index (χ1) is 13.2. The number of amides is 1. The fourth-order valence-electron chi connectivity index (χ4n) is 3.22.